The lowest BCUT2D eigenvalue weighted by atomic mass is 10.3. The van der Waals surface area contributed by atoms with Gasteiger partial charge in [-0.3, -0.25) is 9.69 Å². The van der Waals surface area contributed by atoms with E-state index in [1.165, 1.54) is 11.3 Å². The van der Waals surface area contributed by atoms with Crippen molar-refractivity contribution in [3.8, 4) is 0 Å². The number of Topliss-reactive ketones (excluding diaryl/α,β-unsaturated/α-hetero) is 1. The third-order valence-electron chi connectivity index (χ3n) is 3.73. The van der Waals surface area contributed by atoms with Gasteiger partial charge in [0.1, 0.15) is 5.82 Å². The average molecular weight is 320 g/mol. The zero-order valence-corrected chi connectivity index (χ0v) is 14.2. The summed E-state index contributed by atoms with van der Waals surface area (Å²) in [5, 5.41) is 0.875. The summed E-state index contributed by atoms with van der Waals surface area (Å²) >= 11 is 1.48. The molecule has 6 heteroatoms. The summed E-state index contributed by atoms with van der Waals surface area (Å²) in [5.74, 6) is 1.01. The van der Waals surface area contributed by atoms with E-state index >= 15 is 0 Å². The first-order valence-corrected chi connectivity index (χ1v) is 8.38. The van der Waals surface area contributed by atoms with E-state index in [1.54, 1.807) is 13.1 Å². The zero-order chi connectivity index (χ0) is 16.1. The minimum Gasteiger partial charge on any atom is -0.353 e. The minimum absolute atomic E-state index is 0.0775. The standard InChI is InChI=1S/C16H24N4OS/c1-4-18-16(15-12(2)11-14(22-15)13(3)21)20-9-7-19(6-5-17)8-10-20/h4,11H,2,5-10,17H2,1,3H3/b16-15-,18-4-. The van der Waals surface area contributed by atoms with Crippen molar-refractivity contribution in [1.82, 2.24) is 9.80 Å². The molecule has 0 spiro atoms. The van der Waals surface area contributed by atoms with Gasteiger partial charge in [-0.05, 0) is 25.1 Å². The number of nitrogens with two attached hydrogens (primary N) is 1. The van der Waals surface area contributed by atoms with E-state index in [9.17, 15) is 4.79 Å². The van der Waals surface area contributed by atoms with Gasteiger partial charge in [-0.15, -0.1) is 11.3 Å². The van der Waals surface area contributed by atoms with Crippen LogP contribution in [0.5, 0.6) is 0 Å². The van der Waals surface area contributed by atoms with Crippen LogP contribution < -0.4 is 15.5 Å². The molecule has 0 aliphatic carbocycles. The van der Waals surface area contributed by atoms with Crippen LogP contribution in [0, 0.1) is 0 Å². The highest BCUT2D eigenvalue weighted by Gasteiger charge is 2.19. The molecule has 2 N–H and O–H groups in total. The Bertz CT molecular complexity index is 656. The fraction of sp³-hybridized carbons (Fsp3) is 0.500. The Morgan fingerprint density at radius 2 is 2.14 bits per heavy atom. The molecule has 1 aliphatic rings. The second-order valence-electron chi connectivity index (χ2n) is 5.35. The van der Waals surface area contributed by atoms with Gasteiger partial charge in [-0.1, -0.05) is 6.58 Å². The van der Waals surface area contributed by atoms with Crippen LogP contribution in [0.3, 0.4) is 0 Å². The van der Waals surface area contributed by atoms with Gasteiger partial charge in [0.15, 0.2) is 5.78 Å². The van der Waals surface area contributed by atoms with Gasteiger partial charge >= 0.3 is 0 Å². The van der Waals surface area contributed by atoms with Crippen LogP contribution in [0.2, 0.25) is 0 Å². The summed E-state index contributed by atoms with van der Waals surface area (Å²) in [7, 11) is 0. The van der Waals surface area contributed by atoms with Crippen molar-refractivity contribution in [3.63, 3.8) is 0 Å². The molecule has 1 aromatic rings. The molecule has 1 saturated heterocycles. The second kappa shape index (κ2) is 7.67. The number of piperazine rings is 1. The SMILES string of the molecule is C=c1cc(C(C)=O)s/c1=C(/N=C\C)N1CCN(CCN)CC1. The van der Waals surface area contributed by atoms with Gasteiger partial charge in [-0.25, -0.2) is 4.99 Å². The highest BCUT2D eigenvalue weighted by Crippen LogP contribution is 2.12. The van der Waals surface area contributed by atoms with E-state index in [0.717, 1.165) is 53.2 Å². The molecule has 2 heterocycles. The number of carbonyl (C=O) groups is 1. The van der Waals surface area contributed by atoms with Crippen LogP contribution in [0.1, 0.15) is 23.5 Å². The Kier molecular flexibility index (Phi) is 5.88. The molecular formula is C16H24N4OS. The third kappa shape index (κ3) is 3.82. The largest absolute Gasteiger partial charge is 0.353 e. The molecule has 0 bridgehead atoms. The number of aliphatic imine (C=N–C) groups is 1. The van der Waals surface area contributed by atoms with E-state index in [0.29, 0.717) is 6.54 Å². The van der Waals surface area contributed by atoms with Crippen LogP contribution >= 0.6 is 11.3 Å². The molecule has 0 saturated carbocycles. The monoisotopic (exact) mass is 320 g/mol. The first-order valence-electron chi connectivity index (χ1n) is 7.57. The maximum absolute atomic E-state index is 11.6. The summed E-state index contributed by atoms with van der Waals surface area (Å²) in [5.41, 5.74) is 5.62. The molecule has 5 nitrogen and oxygen atoms in total. The van der Waals surface area contributed by atoms with Gasteiger partial charge in [0, 0.05) is 45.5 Å². The highest BCUT2D eigenvalue weighted by molar-refractivity contribution is 7.12. The van der Waals surface area contributed by atoms with Crippen molar-refractivity contribution in [2.45, 2.75) is 13.8 Å². The predicted octanol–water partition coefficient (Wildman–Crippen LogP) is 0.0937. The van der Waals surface area contributed by atoms with E-state index in [1.807, 2.05) is 13.0 Å². The summed E-state index contributed by atoms with van der Waals surface area (Å²) in [6, 6.07) is 1.86. The maximum atomic E-state index is 11.6. The van der Waals surface area contributed by atoms with Gasteiger partial charge in [-0.2, -0.15) is 0 Å². The molecule has 0 amide bonds. The Morgan fingerprint density at radius 1 is 1.45 bits per heavy atom. The Hall–Kier alpha value is -1.50. The molecule has 22 heavy (non-hydrogen) atoms. The number of thiophene rings is 1. The zero-order valence-electron chi connectivity index (χ0n) is 13.3. The maximum Gasteiger partial charge on any atom is 0.169 e. The van der Waals surface area contributed by atoms with Gasteiger partial charge in [0.05, 0.1) is 9.41 Å². The summed E-state index contributed by atoms with van der Waals surface area (Å²) in [4.78, 5) is 21.5. The van der Waals surface area contributed by atoms with Crippen molar-refractivity contribution >= 4 is 35.7 Å². The third-order valence-corrected chi connectivity index (χ3v) is 5.00. The molecule has 120 valence electrons. The fourth-order valence-electron chi connectivity index (χ4n) is 2.56. The molecule has 0 aromatic carbocycles. The predicted molar refractivity (Wildman–Crippen MR) is 93.7 cm³/mol. The van der Waals surface area contributed by atoms with Crippen LogP contribution in [0.15, 0.2) is 11.1 Å². The molecule has 0 unspecified atom stereocenters. The van der Waals surface area contributed by atoms with E-state index in [2.05, 4.69) is 21.4 Å². The summed E-state index contributed by atoms with van der Waals surface area (Å²) in [6.45, 7) is 13.0. The van der Waals surface area contributed by atoms with Crippen molar-refractivity contribution in [2.24, 2.45) is 10.7 Å². The number of carbonyl (C=O) groups excluding carboxylic acids is 1. The highest BCUT2D eigenvalue weighted by atomic mass is 32.1. The summed E-state index contributed by atoms with van der Waals surface area (Å²) in [6.07, 6.45) is 1.80. The molecule has 2 rings (SSSR count). The quantitative estimate of drug-likeness (QED) is 0.617. The smallest absolute Gasteiger partial charge is 0.169 e. The molecular weight excluding hydrogens is 296 g/mol. The molecule has 1 aliphatic heterocycles. The Balaban J connectivity index is 2.33. The van der Waals surface area contributed by atoms with E-state index < -0.39 is 0 Å². The first-order chi connectivity index (χ1) is 10.6. The van der Waals surface area contributed by atoms with Crippen molar-refractivity contribution in [3.05, 3.63) is 20.7 Å². The van der Waals surface area contributed by atoms with Crippen LogP contribution in [0.4, 0.5) is 0 Å². The van der Waals surface area contributed by atoms with Crippen LogP contribution in [0.25, 0.3) is 12.4 Å². The topological polar surface area (TPSA) is 61.9 Å². The van der Waals surface area contributed by atoms with Crippen LogP contribution in [-0.4, -0.2) is 61.1 Å². The number of rotatable bonds is 5. The average Bonchev–Trinajstić information content (AvgIpc) is 2.88. The normalized spacial score (nSPS) is 18.0. The second-order valence-corrected chi connectivity index (χ2v) is 6.40. The molecule has 0 atom stereocenters. The van der Waals surface area contributed by atoms with Crippen molar-refractivity contribution in [1.29, 1.82) is 0 Å². The molecule has 1 fully saturated rings. The van der Waals surface area contributed by atoms with Crippen molar-refractivity contribution < 1.29 is 4.79 Å². The van der Waals surface area contributed by atoms with Gasteiger partial charge in [0.25, 0.3) is 0 Å². The molecule has 1 aromatic heterocycles. The number of ketones is 1. The number of hydrogen-bond acceptors (Lipinski definition) is 6. The fourth-order valence-corrected chi connectivity index (χ4v) is 3.59. The lowest BCUT2D eigenvalue weighted by molar-refractivity contribution is 0.102. The van der Waals surface area contributed by atoms with Crippen molar-refractivity contribution in [2.75, 3.05) is 39.3 Å². The van der Waals surface area contributed by atoms with Gasteiger partial charge in [0.2, 0.25) is 0 Å². The Morgan fingerprint density at radius 3 is 2.64 bits per heavy atom. The van der Waals surface area contributed by atoms with Gasteiger partial charge < -0.3 is 10.6 Å². The number of nitrogens with zero attached hydrogens (tertiary/aromatic N) is 3. The first kappa shape index (κ1) is 16.9. The lowest BCUT2D eigenvalue weighted by Crippen LogP contribution is -2.48. The van der Waals surface area contributed by atoms with E-state index in [4.69, 9.17) is 5.73 Å². The van der Waals surface area contributed by atoms with E-state index in [-0.39, 0.29) is 5.78 Å². The number of hydrogen-bond donors (Lipinski definition) is 1. The van der Waals surface area contributed by atoms with Crippen LogP contribution in [-0.2, 0) is 0 Å². The summed E-state index contributed by atoms with van der Waals surface area (Å²) < 4.78 is 0.996. The minimum atomic E-state index is 0.0775. The molecule has 0 radical (unpaired) electrons. The lowest BCUT2D eigenvalue weighted by Gasteiger charge is -2.35. The Labute approximate surface area is 135 Å².